The van der Waals surface area contributed by atoms with Crippen LogP contribution >= 0.6 is 0 Å². The van der Waals surface area contributed by atoms with Crippen molar-refractivity contribution in [2.24, 2.45) is 0 Å². The van der Waals surface area contributed by atoms with Crippen LogP contribution in [0.2, 0.25) is 0 Å². The smallest absolute Gasteiger partial charge is 0.236 e. The molecule has 0 bridgehead atoms. The molecule has 0 atom stereocenters. The molecule has 1 saturated carbocycles. The minimum atomic E-state index is -0.175. The minimum absolute atomic E-state index is 0.113. The van der Waals surface area contributed by atoms with E-state index >= 15 is 0 Å². The lowest BCUT2D eigenvalue weighted by atomic mass is 10.1. The van der Waals surface area contributed by atoms with Crippen LogP contribution in [0.15, 0.2) is 60.7 Å². The number of rotatable bonds is 6. The number of benzene rings is 2. The van der Waals surface area contributed by atoms with E-state index in [-0.39, 0.29) is 24.3 Å². The number of carbonyl (C=O) groups is 2. The number of hydrogen-bond acceptors (Lipinski definition) is 2. The molecule has 0 aliphatic heterocycles. The molecular weight excluding hydrogens is 312 g/mol. The highest BCUT2D eigenvalue weighted by atomic mass is 16.2. The normalized spacial score (nSPS) is 14.2. The zero-order chi connectivity index (χ0) is 17.5. The predicted octanol–water partition coefficient (Wildman–Crippen LogP) is 3.67. The second kappa shape index (κ2) is 8.47. The van der Waals surface area contributed by atoms with Crippen molar-refractivity contribution in [2.75, 3.05) is 4.90 Å². The predicted molar refractivity (Wildman–Crippen MR) is 99.1 cm³/mol. The van der Waals surface area contributed by atoms with Crippen molar-refractivity contribution in [3.63, 3.8) is 0 Å². The van der Waals surface area contributed by atoms with E-state index in [1.165, 1.54) is 0 Å². The summed E-state index contributed by atoms with van der Waals surface area (Å²) in [5, 5.41) is 2.99. The lowest BCUT2D eigenvalue weighted by Crippen LogP contribution is -2.38. The topological polar surface area (TPSA) is 49.4 Å². The van der Waals surface area contributed by atoms with Crippen molar-refractivity contribution in [3.8, 4) is 0 Å². The minimum Gasteiger partial charge on any atom is -0.353 e. The molecule has 4 heteroatoms. The molecular formula is C21H24N2O2. The third kappa shape index (κ3) is 4.92. The molecule has 1 N–H and O–H groups in total. The first-order valence-corrected chi connectivity index (χ1v) is 8.91. The monoisotopic (exact) mass is 336 g/mol. The van der Waals surface area contributed by atoms with Crippen molar-refractivity contribution < 1.29 is 9.59 Å². The first kappa shape index (κ1) is 17.2. The quantitative estimate of drug-likeness (QED) is 0.818. The molecule has 1 aliphatic rings. The zero-order valence-electron chi connectivity index (χ0n) is 14.4. The maximum absolute atomic E-state index is 12.8. The molecule has 2 amide bonds. The third-order valence-electron chi connectivity index (χ3n) is 4.58. The molecule has 0 unspecified atom stereocenters. The lowest BCUT2D eigenvalue weighted by Gasteiger charge is -2.23. The van der Waals surface area contributed by atoms with E-state index in [4.69, 9.17) is 0 Å². The van der Waals surface area contributed by atoms with Gasteiger partial charge in [0.1, 0.15) is 6.42 Å². The fourth-order valence-corrected chi connectivity index (χ4v) is 3.28. The van der Waals surface area contributed by atoms with Crippen LogP contribution in [0, 0.1) is 0 Å². The number of nitrogens with one attached hydrogen (secondary N) is 1. The van der Waals surface area contributed by atoms with Gasteiger partial charge in [0.05, 0.1) is 6.54 Å². The van der Waals surface area contributed by atoms with Crippen molar-refractivity contribution in [3.05, 3.63) is 66.2 Å². The number of para-hydroxylation sites is 1. The Morgan fingerprint density at radius 3 is 2.16 bits per heavy atom. The Balaban J connectivity index is 1.69. The Labute approximate surface area is 148 Å². The summed E-state index contributed by atoms with van der Waals surface area (Å²) in [4.78, 5) is 26.7. The Morgan fingerprint density at radius 2 is 1.52 bits per heavy atom. The summed E-state index contributed by atoms with van der Waals surface area (Å²) < 4.78 is 0. The van der Waals surface area contributed by atoms with Crippen molar-refractivity contribution in [2.45, 2.75) is 44.7 Å². The van der Waals surface area contributed by atoms with Crippen LogP contribution in [0.4, 0.5) is 5.69 Å². The Bertz CT molecular complexity index is 694. The molecule has 2 aromatic rings. The summed E-state index contributed by atoms with van der Waals surface area (Å²) in [5.41, 5.74) is 1.85. The first-order chi connectivity index (χ1) is 12.2. The molecule has 4 nitrogen and oxygen atoms in total. The summed E-state index contributed by atoms with van der Waals surface area (Å²) >= 11 is 0. The average Bonchev–Trinajstić information content (AvgIpc) is 3.14. The SMILES string of the molecule is O=C(CC(=O)N(Cc1ccccc1)c1ccccc1)NC1CCCC1. The van der Waals surface area contributed by atoms with Gasteiger partial charge >= 0.3 is 0 Å². The number of amides is 2. The molecule has 1 aliphatic carbocycles. The second-order valence-corrected chi connectivity index (χ2v) is 6.53. The standard InChI is InChI=1S/C21H24N2O2/c24-20(22-18-11-7-8-12-18)15-21(25)23(19-13-5-2-6-14-19)16-17-9-3-1-4-10-17/h1-6,9-10,13-14,18H,7-8,11-12,15-16H2,(H,22,24). The van der Waals surface area contributed by atoms with Gasteiger partial charge in [0.2, 0.25) is 11.8 Å². The van der Waals surface area contributed by atoms with Gasteiger partial charge in [-0.15, -0.1) is 0 Å². The van der Waals surface area contributed by atoms with Gasteiger partial charge in [0.25, 0.3) is 0 Å². The Kier molecular flexibility index (Phi) is 5.83. The molecule has 0 radical (unpaired) electrons. The summed E-state index contributed by atoms with van der Waals surface area (Å²) in [6, 6.07) is 19.6. The van der Waals surface area contributed by atoms with Gasteiger partial charge < -0.3 is 10.2 Å². The van der Waals surface area contributed by atoms with Crippen molar-refractivity contribution in [1.82, 2.24) is 5.32 Å². The van der Waals surface area contributed by atoms with Crippen LogP contribution in [0.1, 0.15) is 37.7 Å². The summed E-state index contributed by atoms with van der Waals surface area (Å²) in [6.45, 7) is 0.459. The van der Waals surface area contributed by atoms with E-state index in [0.29, 0.717) is 6.54 Å². The van der Waals surface area contributed by atoms with E-state index in [0.717, 1.165) is 36.9 Å². The second-order valence-electron chi connectivity index (χ2n) is 6.53. The van der Waals surface area contributed by atoms with Gasteiger partial charge in [0.15, 0.2) is 0 Å². The molecule has 0 heterocycles. The third-order valence-corrected chi connectivity index (χ3v) is 4.58. The van der Waals surface area contributed by atoms with Crippen LogP contribution in [0.5, 0.6) is 0 Å². The highest BCUT2D eigenvalue weighted by Gasteiger charge is 2.22. The summed E-state index contributed by atoms with van der Waals surface area (Å²) in [7, 11) is 0. The van der Waals surface area contributed by atoms with E-state index in [9.17, 15) is 9.59 Å². The number of nitrogens with zero attached hydrogens (tertiary/aromatic N) is 1. The molecule has 3 rings (SSSR count). The Morgan fingerprint density at radius 1 is 0.920 bits per heavy atom. The van der Waals surface area contributed by atoms with Crippen LogP contribution in [-0.2, 0) is 16.1 Å². The van der Waals surface area contributed by atoms with Crippen LogP contribution in [0.3, 0.4) is 0 Å². The van der Waals surface area contributed by atoms with E-state index < -0.39 is 0 Å². The zero-order valence-corrected chi connectivity index (χ0v) is 14.4. The number of anilines is 1. The van der Waals surface area contributed by atoms with E-state index in [2.05, 4.69) is 5.32 Å². The van der Waals surface area contributed by atoms with Gasteiger partial charge in [-0.05, 0) is 30.5 Å². The van der Waals surface area contributed by atoms with Gasteiger partial charge in [-0.2, -0.15) is 0 Å². The molecule has 130 valence electrons. The van der Waals surface area contributed by atoms with Crippen molar-refractivity contribution >= 4 is 17.5 Å². The number of hydrogen-bond donors (Lipinski definition) is 1. The molecule has 0 spiro atoms. The van der Waals surface area contributed by atoms with E-state index in [1.54, 1.807) is 4.90 Å². The van der Waals surface area contributed by atoms with Gasteiger partial charge in [0, 0.05) is 11.7 Å². The summed E-state index contributed by atoms with van der Waals surface area (Å²) in [5.74, 6) is -0.351. The molecule has 1 fully saturated rings. The highest BCUT2D eigenvalue weighted by molar-refractivity contribution is 6.05. The molecule has 0 aromatic heterocycles. The molecule has 2 aromatic carbocycles. The largest absolute Gasteiger partial charge is 0.353 e. The van der Waals surface area contributed by atoms with Gasteiger partial charge in [-0.3, -0.25) is 9.59 Å². The lowest BCUT2D eigenvalue weighted by molar-refractivity contribution is -0.128. The first-order valence-electron chi connectivity index (χ1n) is 8.91. The van der Waals surface area contributed by atoms with Crippen LogP contribution in [-0.4, -0.2) is 17.9 Å². The summed E-state index contributed by atoms with van der Waals surface area (Å²) in [6.07, 6.45) is 4.24. The van der Waals surface area contributed by atoms with Crippen LogP contribution in [0.25, 0.3) is 0 Å². The van der Waals surface area contributed by atoms with Gasteiger partial charge in [-0.25, -0.2) is 0 Å². The van der Waals surface area contributed by atoms with E-state index in [1.807, 2.05) is 60.7 Å². The molecule has 0 saturated heterocycles. The van der Waals surface area contributed by atoms with Gasteiger partial charge in [-0.1, -0.05) is 61.4 Å². The van der Waals surface area contributed by atoms with Crippen molar-refractivity contribution in [1.29, 1.82) is 0 Å². The Hall–Kier alpha value is -2.62. The highest BCUT2D eigenvalue weighted by Crippen LogP contribution is 2.20. The maximum atomic E-state index is 12.8. The maximum Gasteiger partial charge on any atom is 0.236 e. The number of carbonyl (C=O) groups excluding carboxylic acids is 2. The van der Waals surface area contributed by atoms with Crippen LogP contribution < -0.4 is 10.2 Å². The molecule has 25 heavy (non-hydrogen) atoms. The fraction of sp³-hybridized carbons (Fsp3) is 0.333. The average molecular weight is 336 g/mol. The fourth-order valence-electron chi connectivity index (χ4n) is 3.28.